The third-order valence-electron chi connectivity index (χ3n) is 3.33. The smallest absolute Gasteiger partial charge is 0.211 e. The van der Waals surface area contributed by atoms with E-state index < -0.39 is 30.5 Å². The molecule has 0 aromatic carbocycles. The first-order valence-electron chi connectivity index (χ1n) is 6.57. The van der Waals surface area contributed by atoms with Gasteiger partial charge in [0.15, 0.2) is 0 Å². The van der Waals surface area contributed by atoms with Crippen LogP contribution in [0.1, 0.15) is 52.4 Å². The van der Waals surface area contributed by atoms with Gasteiger partial charge in [-0.15, -0.1) is 0 Å². The topological polar surface area (TPSA) is 137 Å². The molecule has 0 spiro atoms. The molecule has 0 aromatic heterocycles. The fourth-order valence-electron chi connectivity index (χ4n) is 1.97. The second-order valence-corrected chi connectivity index (χ2v) is 8.54. The SMILES string of the molecule is CCC(CCC(=O)CCC(CC)S(N)(=O)=O)S(N)(=O)=O. The zero-order chi connectivity index (χ0) is 16.0. The summed E-state index contributed by atoms with van der Waals surface area (Å²) in [4.78, 5) is 11.7. The monoisotopic (exact) mass is 328 g/mol. The van der Waals surface area contributed by atoms with Gasteiger partial charge < -0.3 is 0 Å². The van der Waals surface area contributed by atoms with Crippen molar-refractivity contribution in [1.82, 2.24) is 0 Å². The molecule has 4 N–H and O–H groups in total. The van der Waals surface area contributed by atoms with Crippen molar-refractivity contribution in [2.45, 2.75) is 62.9 Å². The summed E-state index contributed by atoms with van der Waals surface area (Å²) >= 11 is 0. The van der Waals surface area contributed by atoms with Gasteiger partial charge in [0.1, 0.15) is 5.78 Å². The van der Waals surface area contributed by atoms with Crippen molar-refractivity contribution < 1.29 is 21.6 Å². The number of carbonyl (C=O) groups excluding carboxylic acids is 1. The summed E-state index contributed by atoms with van der Waals surface area (Å²) in [5.74, 6) is -0.172. The Morgan fingerprint density at radius 2 is 1.15 bits per heavy atom. The maximum atomic E-state index is 11.7. The number of rotatable bonds is 10. The van der Waals surface area contributed by atoms with Crippen LogP contribution in [0.3, 0.4) is 0 Å². The zero-order valence-corrected chi connectivity index (χ0v) is 13.5. The van der Waals surface area contributed by atoms with E-state index in [2.05, 4.69) is 0 Å². The lowest BCUT2D eigenvalue weighted by atomic mass is 10.1. The Morgan fingerprint density at radius 1 is 0.850 bits per heavy atom. The van der Waals surface area contributed by atoms with Gasteiger partial charge in [0.2, 0.25) is 20.0 Å². The molecule has 0 aliphatic heterocycles. The Labute approximate surface area is 121 Å². The van der Waals surface area contributed by atoms with Crippen LogP contribution < -0.4 is 10.3 Å². The second-order valence-electron chi connectivity index (χ2n) is 4.85. The molecule has 0 bridgehead atoms. The molecule has 2 unspecified atom stereocenters. The van der Waals surface area contributed by atoms with Crippen LogP contribution in [-0.4, -0.2) is 33.1 Å². The third-order valence-corrected chi connectivity index (χ3v) is 6.33. The van der Waals surface area contributed by atoms with Gasteiger partial charge in [-0.3, -0.25) is 4.79 Å². The Morgan fingerprint density at radius 3 is 1.35 bits per heavy atom. The summed E-state index contributed by atoms with van der Waals surface area (Å²) < 4.78 is 44.8. The number of hydrogen-bond acceptors (Lipinski definition) is 5. The number of ketones is 1. The van der Waals surface area contributed by atoms with Crippen LogP contribution in [0.25, 0.3) is 0 Å². The lowest BCUT2D eigenvalue weighted by Gasteiger charge is -2.13. The van der Waals surface area contributed by atoms with Crippen LogP contribution in [0.15, 0.2) is 0 Å². The molecular weight excluding hydrogens is 304 g/mol. The molecule has 20 heavy (non-hydrogen) atoms. The zero-order valence-electron chi connectivity index (χ0n) is 11.9. The van der Waals surface area contributed by atoms with Crippen LogP contribution in [0.2, 0.25) is 0 Å². The fraction of sp³-hybridized carbons (Fsp3) is 0.909. The molecule has 0 amide bonds. The molecule has 0 heterocycles. The number of sulfonamides is 2. The van der Waals surface area contributed by atoms with E-state index in [4.69, 9.17) is 10.3 Å². The normalized spacial score (nSPS) is 15.8. The van der Waals surface area contributed by atoms with Crippen LogP contribution in [0.4, 0.5) is 0 Å². The molecule has 9 heteroatoms. The van der Waals surface area contributed by atoms with Gasteiger partial charge in [-0.2, -0.15) is 0 Å². The van der Waals surface area contributed by atoms with Crippen LogP contribution in [-0.2, 0) is 24.8 Å². The minimum Gasteiger partial charge on any atom is -0.300 e. The van der Waals surface area contributed by atoms with Gasteiger partial charge >= 0.3 is 0 Å². The van der Waals surface area contributed by atoms with Crippen molar-refractivity contribution in [3.05, 3.63) is 0 Å². The molecule has 0 fully saturated rings. The average molecular weight is 328 g/mol. The third kappa shape index (κ3) is 7.32. The highest BCUT2D eigenvalue weighted by Gasteiger charge is 2.22. The van der Waals surface area contributed by atoms with Crippen molar-refractivity contribution in [2.75, 3.05) is 0 Å². The number of carbonyl (C=O) groups is 1. The maximum Gasteiger partial charge on any atom is 0.211 e. The van der Waals surface area contributed by atoms with E-state index in [9.17, 15) is 21.6 Å². The van der Waals surface area contributed by atoms with E-state index >= 15 is 0 Å². The highest BCUT2D eigenvalue weighted by molar-refractivity contribution is 7.90. The molecule has 0 saturated carbocycles. The van der Waals surface area contributed by atoms with E-state index in [1.54, 1.807) is 13.8 Å². The van der Waals surface area contributed by atoms with Crippen molar-refractivity contribution in [1.29, 1.82) is 0 Å². The number of nitrogens with two attached hydrogens (primary N) is 2. The molecular formula is C11H24N2O5S2. The quantitative estimate of drug-likeness (QED) is 0.592. The van der Waals surface area contributed by atoms with E-state index in [1.165, 1.54) is 0 Å². The minimum atomic E-state index is -3.64. The predicted molar refractivity (Wildman–Crippen MR) is 77.8 cm³/mol. The van der Waals surface area contributed by atoms with E-state index in [1.807, 2.05) is 0 Å². The standard InChI is InChI=1S/C11H24N2O5S2/c1-3-10(19(12,15)16)7-5-9(14)6-8-11(4-2)20(13,17)18/h10-11H,3-8H2,1-2H3,(H2,12,15,16)(H2,13,17,18). The summed E-state index contributed by atoms with van der Waals surface area (Å²) in [6, 6.07) is 0. The molecule has 0 aliphatic carbocycles. The summed E-state index contributed by atoms with van der Waals surface area (Å²) in [7, 11) is -7.28. The molecule has 2 atom stereocenters. The summed E-state index contributed by atoms with van der Waals surface area (Å²) in [6.07, 6.45) is 1.19. The average Bonchev–Trinajstić information content (AvgIpc) is 2.26. The van der Waals surface area contributed by atoms with Gasteiger partial charge in [-0.1, -0.05) is 13.8 Å². The summed E-state index contributed by atoms with van der Waals surface area (Å²) in [5.41, 5.74) is 0. The van der Waals surface area contributed by atoms with Gasteiger partial charge in [-0.25, -0.2) is 27.1 Å². The molecule has 7 nitrogen and oxygen atoms in total. The largest absolute Gasteiger partial charge is 0.300 e. The molecule has 0 aromatic rings. The highest BCUT2D eigenvalue weighted by atomic mass is 32.2. The Kier molecular flexibility index (Phi) is 7.85. The predicted octanol–water partition coefficient (Wildman–Crippen LogP) is 0.250. The van der Waals surface area contributed by atoms with Gasteiger partial charge in [-0.05, 0) is 25.7 Å². The molecule has 120 valence electrons. The first-order chi connectivity index (χ1) is 9.02. The Bertz CT molecular complexity index is 467. The van der Waals surface area contributed by atoms with E-state index in [0.29, 0.717) is 12.8 Å². The maximum absolute atomic E-state index is 11.7. The highest BCUT2D eigenvalue weighted by Crippen LogP contribution is 2.14. The minimum absolute atomic E-state index is 0.0794. The van der Waals surface area contributed by atoms with E-state index in [0.717, 1.165) is 0 Å². The van der Waals surface area contributed by atoms with Crippen molar-refractivity contribution >= 4 is 25.8 Å². The lowest BCUT2D eigenvalue weighted by molar-refractivity contribution is -0.119. The summed E-state index contributed by atoms with van der Waals surface area (Å²) in [5, 5.41) is 8.62. The van der Waals surface area contributed by atoms with Crippen LogP contribution in [0, 0.1) is 0 Å². The van der Waals surface area contributed by atoms with Crippen molar-refractivity contribution in [2.24, 2.45) is 10.3 Å². The van der Waals surface area contributed by atoms with Gasteiger partial charge in [0.05, 0.1) is 10.5 Å². The van der Waals surface area contributed by atoms with Gasteiger partial charge in [0.25, 0.3) is 0 Å². The van der Waals surface area contributed by atoms with Crippen molar-refractivity contribution in [3.63, 3.8) is 0 Å². The fourth-order valence-corrected chi connectivity index (χ4v) is 3.79. The molecule has 0 saturated heterocycles. The number of hydrogen-bond donors (Lipinski definition) is 2. The summed E-state index contributed by atoms with van der Waals surface area (Å²) in [6.45, 7) is 3.38. The Balaban J connectivity index is 4.32. The lowest BCUT2D eigenvalue weighted by Crippen LogP contribution is -2.29. The second kappa shape index (κ2) is 8.06. The van der Waals surface area contributed by atoms with Gasteiger partial charge in [0, 0.05) is 12.8 Å². The molecule has 0 aliphatic rings. The van der Waals surface area contributed by atoms with Crippen LogP contribution in [0.5, 0.6) is 0 Å². The first kappa shape index (κ1) is 19.5. The number of primary sulfonamides is 2. The van der Waals surface area contributed by atoms with E-state index in [-0.39, 0.29) is 31.5 Å². The first-order valence-corrected chi connectivity index (χ1v) is 9.79. The van der Waals surface area contributed by atoms with Crippen molar-refractivity contribution in [3.8, 4) is 0 Å². The molecule has 0 rings (SSSR count). The van der Waals surface area contributed by atoms with Crippen LogP contribution >= 0.6 is 0 Å². The Hall–Kier alpha value is -0.510. The number of Topliss-reactive ketones (excluding diaryl/α,β-unsaturated/α-hetero) is 1. The molecule has 0 radical (unpaired) electrons.